The molecule has 0 aromatic heterocycles. The highest BCUT2D eigenvalue weighted by atomic mass is 16.3. The number of likely N-dealkylation sites (tertiary alicyclic amines) is 1. The smallest absolute Gasteiger partial charge is 0.0679 e. The van der Waals surface area contributed by atoms with Crippen LogP contribution in [0.2, 0.25) is 0 Å². The number of aliphatic hydroxyl groups is 1. The Labute approximate surface area is 80.1 Å². The molecule has 3 heteroatoms. The van der Waals surface area contributed by atoms with Crippen LogP contribution in [0.25, 0.3) is 0 Å². The van der Waals surface area contributed by atoms with Gasteiger partial charge in [0.1, 0.15) is 0 Å². The van der Waals surface area contributed by atoms with Gasteiger partial charge >= 0.3 is 0 Å². The van der Waals surface area contributed by atoms with E-state index < -0.39 is 0 Å². The minimum atomic E-state index is -0.0554. The minimum absolute atomic E-state index is 0.0554. The minimum Gasteiger partial charge on any atom is -0.392 e. The molecule has 1 heterocycles. The highest BCUT2D eigenvalue weighted by Crippen LogP contribution is 2.28. The van der Waals surface area contributed by atoms with Crippen LogP contribution in [0.3, 0.4) is 0 Å². The average Bonchev–Trinajstić information content (AvgIpc) is 2.43. The van der Waals surface area contributed by atoms with Crippen molar-refractivity contribution in [3.63, 3.8) is 0 Å². The number of hydrogen-bond acceptors (Lipinski definition) is 3. The van der Waals surface area contributed by atoms with E-state index in [0.717, 1.165) is 31.5 Å². The Morgan fingerprint density at radius 2 is 2.23 bits per heavy atom. The number of β-amino-alcohol motifs (C(OH)–C–C–N with tert-alkyl or cyclic N) is 1. The van der Waals surface area contributed by atoms with E-state index in [1.54, 1.807) is 0 Å². The fraction of sp³-hybridized carbons (Fsp3) is 1.00. The Kier molecular flexibility index (Phi) is 2.86. The number of hydrogen-bond donors (Lipinski definition) is 2. The summed E-state index contributed by atoms with van der Waals surface area (Å²) in [6.07, 6.45) is 3.56. The van der Waals surface area contributed by atoms with Gasteiger partial charge in [-0.1, -0.05) is 0 Å². The van der Waals surface area contributed by atoms with Crippen LogP contribution in [0.1, 0.15) is 19.3 Å². The van der Waals surface area contributed by atoms with Gasteiger partial charge in [-0.3, -0.25) is 0 Å². The Balaban J connectivity index is 1.64. The molecule has 0 unspecified atom stereocenters. The first-order chi connectivity index (χ1) is 6.28. The van der Waals surface area contributed by atoms with Crippen molar-refractivity contribution in [2.45, 2.75) is 31.4 Å². The van der Waals surface area contributed by atoms with Crippen molar-refractivity contribution in [2.24, 2.45) is 5.92 Å². The largest absolute Gasteiger partial charge is 0.392 e. The zero-order chi connectivity index (χ0) is 9.26. The van der Waals surface area contributed by atoms with Gasteiger partial charge in [-0.25, -0.2) is 0 Å². The van der Waals surface area contributed by atoms with Crippen molar-refractivity contribution in [3.8, 4) is 0 Å². The van der Waals surface area contributed by atoms with Gasteiger partial charge in [0, 0.05) is 25.7 Å². The zero-order valence-corrected chi connectivity index (χ0v) is 8.37. The number of nitrogens with zero attached hydrogens (tertiary/aromatic N) is 1. The van der Waals surface area contributed by atoms with Crippen molar-refractivity contribution >= 4 is 0 Å². The molecule has 1 aliphatic carbocycles. The molecule has 0 spiro atoms. The summed E-state index contributed by atoms with van der Waals surface area (Å²) in [5.41, 5.74) is 0. The Bertz CT molecular complexity index is 168. The van der Waals surface area contributed by atoms with Gasteiger partial charge in [0.2, 0.25) is 0 Å². The maximum absolute atomic E-state index is 9.35. The third kappa shape index (κ3) is 2.22. The summed E-state index contributed by atoms with van der Waals surface area (Å²) in [5, 5.41) is 12.6. The van der Waals surface area contributed by atoms with Gasteiger partial charge < -0.3 is 15.3 Å². The fourth-order valence-electron chi connectivity index (χ4n) is 2.46. The molecule has 2 N–H and O–H groups in total. The molecule has 13 heavy (non-hydrogen) atoms. The molecule has 0 aromatic rings. The van der Waals surface area contributed by atoms with Crippen molar-refractivity contribution in [2.75, 3.05) is 26.7 Å². The van der Waals surface area contributed by atoms with E-state index in [0.29, 0.717) is 0 Å². The Morgan fingerprint density at radius 3 is 2.77 bits per heavy atom. The molecule has 1 atom stereocenters. The van der Waals surface area contributed by atoms with E-state index >= 15 is 0 Å². The summed E-state index contributed by atoms with van der Waals surface area (Å²) >= 11 is 0. The zero-order valence-electron chi connectivity index (χ0n) is 8.37. The van der Waals surface area contributed by atoms with Gasteiger partial charge in [-0.2, -0.15) is 0 Å². The van der Waals surface area contributed by atoms with Gasteiger partial charge in [0.15, 0.2) is 0 Å². The van der Waals surface area contributed by atoms with Crippen LogP contribution in [-0.2, 0) is 0 Å². The van der Waals surface area contributed by atoms with Gasteiger partial charge in [0.25, 0.3) is 0 Å². The maximum Gasteiger partial charge on any atom is 0.0679 e. The van der Waals surface area contributed by atoms with Gasteiger partial charge in [0.05, 0.1) is 6.10 Å². The molecule has 0 bridgehead atoms. The van der Waals surface area contributed by atoms with Crippen molar-refractivity contribution < 1.29 is 5.11 Å². The molecule has 0 amide bonds. The lowest BCUT2D eigenvalue weighted by Gasteiger charge is -2.37. The second-order valence-corrected chi connectivity index (χ2v) is 4.53. The molecule has 0 radical (unpaired) electrons. The summed E-state index contributed by atoms with van der Waals surface area (Å²) in [6, 6.07) is 0.762. The molecule has 1 saturated heterocycles. The maximum atomic E-state index is 9.35. The standard InChI is InChI=1S/C10H20N2O/c1-11-9-4-8(5-9)6-12-3-2-10(13)7-12/h8-11,13H,2-7H2,1H3/t8?,9?,10-/m0/s1. The second-order valence-electron chi connectivity index (χ2n) is 4.53. The van der Waals surface area contributed by atoms with Gasteiger partial charge in [-0.15, -0.1) is 0 Å². The van der Waals surface area contributed by atoms with E-state index in [1.165, 1.54) is 19.4 Å². The molecule has 2 rings (SSSR count). The summed E-state index contributed by atoms with van der Waals surface area (Å²) in [7, 11) is 2.04. The van der Waals surface area contributed by atoms with Crippen LogP contribution >= 0.6 is 0 Å². The third-order valence-corrected chi connectivity index (χ3v) is 3.41. The predicted octanol–water partition coefficient (Wildman–Crippen LogP) is 0.0510. The summed E-state index contributed by atoms with van der Waals surface area (Å²) in [4.78, 5) is 2.40. The molecular formula is C10H20N2O. The highest BCUT2D eigenvalue weighted by Gasteiger charge is 2.31. The summed E-state index contributed by atoms with van der Waals surface area (Å²) in [6.45, 7) is 3.21. The first kappa shape index (κ1) is 9.44. The Hall–Kier alpha value is -0.120. The highest BCUT2D eigenvalue weighted by molar-refractivity contribution is 4.87. The fourth-order valence-corrected chi connectivity index (χ4v) is 2.46. The van der Waals surface area contributed by atoms with E-state index in [1.807, 2.05) is 7.05 Å². The van der Waals surface area contributed by atoms with Crippen molar-refractivity contribution in [3.05, 3.63) is 0 Å². The average molecular weight is 184 g/mol. The summed E-state index contributed by atoms with van der Waals surface area (Å²) < 4.78 is 0. The molecule has 1 aliphatic heterocycles. The summed E-state index contributed by atoms with van der Waals surface area (Å²) in [5.74, 6) is 0.878. The number of aliphatic hydroxyl groups excluding tert-OH is 1. The molecule has 3 nitrogen and oxygen atoms in total. The lowest BCUT2D eigenvalue weighted by Crippen LogP contribution is -2.44. The van der Waals surface area contributed by atoms with E-state index in [4.69, 9.17) is 0 Å². The van der Waals surface area contributed by atoms with Crippen LogP contribution < -0.4 is 5.32 Å². The van der Waals surface area contributed by atoms with Crippen molar-refractivity contribution in [1.82, 2.24) is 10.2 Å². The molecule has 1 saturated carbocycles. The monoisotopic (exact) mass is 184 g/mol. The Morgan fingerprint density at radius 1 is 1.46 bits per heavy atom. The first-order valence-corrected chi connectivity index (χ1v) is 5.35. The van der Waals surface area contributed by atoms with Crippen molar-refractivity contribution in [1.29, 1.82) is 0 Å². The second kappa shape index (κ2) is 3.95. The molecule has 76 valence electrons. The van der Waals surface area contributed by atoms with Crippen LogP contribution in [0.15, 0.2) is 0 Å². The van der Waals surface area contributed by atoms with Crippen LogP contribution in [0.4, 0.5) is 0 Å². The molecular weight excluding hydrogens is 164 g/mol. The SMILES string of the molecule is CNC1CC(CN2CC[C@H](O)C2)C1. The van der Waals surface area contributed by atoms with Crippen LogP contribution in [0.5, 0.6) is 0 Å². The lowest BCUT2D eigenvalue weighted by molar-refractivity contribution is 0.140. The molecule has 2 aliphatic rings. The first-order valence-electron chi connectivity index (χ1n) is 5.35. The predicted molar refractivity (Wildman–Crippen MR) is 52.6 cm³/mol. The molecule has 0 aromatic carbocycles. The third-order valence-electron chi connectivity index (χ3n) is 3.41. The van der Waals surface area contributed by atoms with Crippen LogP contribution in [-0.4, -0.2) is 48.8 Å². The number of rotatable bonds is 3. The van der Waals surface area contributed by atoms with E-state index in [9.17, 15) is 5.11 Å². The normalized spacial score (nSPS) is 40.6. The van der Waals surface area contributed by atoms with E-state index in [2.05, 4.69) is 10.2 Å². The lowest BCUT2D eigenvalue weighted by atomic mass is 9.80. The number of nitrogens with one attached hydrogen (secondary N) is 1. The topological polar surface area (TPSA) is 35.5 Å². The quantitative estimate of drug-likeness (QED) is 0.650. The van der Waals surface area contributed by atoms with Gasteiger partial charge in [-0.05, 0) is 32.2 Å². The van der Waals surface area contributed by atoms with Crippen LogP contribution in [0, 0.1) is 5.92 Å². The van der Waals surface area contributed by atoms with E-state index in [-0.39, 0.29) is 6.10 Å². The molecule has 2 fully saturated rings.